The Labute approximate surface area is 132 Å². The van der Waals surface area contributed by atoms with E-state index in [0.717, 1.165) is 4.68 Å². The van der Waals surface area contributed by atoms with Crippen LogP contribution in [-0.4, -0.2) is 32.8 Å². The second kappa shape index (κ2) is 7.35. The third-order valence-corrected chi connectivity index (χ3v) is 3.21. The molecule has 1 amide bonds. The summed E-state index contributed by atoms with van der Waals surface area (Å²) in [4.78, 5) is 35.2. The van der Waals surface area contributed by atoms with Crippen molar-refractivity contribution >= 4 is 11.9 Å². The molecule has 0 saturated carbocycles. The number of carboxylic acids is 1. The first-order valence-electron chi connectivity index (χ1n) is 7.22. The number of benzene rings is 1. The summed E-state index contributed by atoms with van der Waals surface area (Å²) >= 11 is 0. The molecule has 1 unspecified atom stereocenters. The lowest BCUT2D eigenvalue weighted by atomic mass is 10.1. The van der Waals surface area contributed by atoms with Crippen LogP contribution in [0.2, 0.25) is 0 Å². The number of hydrogen-bond donors (Lipinski definition) is 2. The number of carbonyl (C=O) groups excluding carboxylic acids is 1. The number of nitrogens with one attached hydrogen (secondary N) is 1. The van der Waals surface area contributed by atoms with E-state index in [0.29, 0.717) is 18.5 Å². The predicted molar refractivity (Wildman–Crippen MR) is 83.6 cm³/mol. The van der Waals surface area contributed by atoms with Crippen molar-refractivity contribution < 1.29 is 14.7 Å². The molecule has 2 N–H and O–H groups in total. The number of amides is 1. The van der Waals surface area contributed by atoms with Gasteiger partial charge in [-0.3, -0.25) is 9.59 Å². The molecule has 2 aromatic rings. The summed E-state index contributed by atoms with van der Waals surface area (Å²) in [5.41, 5.74) is 0.127. The van der Waals surface area contributed by atoms with E-state index in [4.69, 9.17) is 5.11 Å². The van der Waals surface area contributed by atoms with E-state index >= 15 is 0 Å². The summed E-state index contributed by atoms with van der Waals surface area (Å²) in [6.07, 6.45) is 0.938. The Bertz CT molecular complexity index is 755. The van der Waals surface area contributed by atoms with Crippen LogP contribution in [0, 0.1) is 0 Å². The minimum Gasteiger partial charge on any atom is -0.480 e. The van der Waals surface area contributed by atoms with Gasteiger partial charge in [-0.2, -0.15) is 9.78 Å². The number of carboxylic acid groups (broad SMARTS) is 1. The Hall–Kier alpha value is -2.96. The van der Waals surface area contributed by atoms with Gasteiger partial charge in [0.05, 0.1) is 5.69 Å². The highest BCUT2D eigenvalue weighted by Crippen LogP contribution is 2.04. The van der Waals surface area contributed by atoms with E-state index < -0.39 is 17.9 Å². The monoisotopic (exact) mass is 315 g/mol. The van der Waals surface area contributed by atoms with Gasteiger partial charge in [0, 0.05) is 6.07 Å². The van der Waals surface area contributed by atoms with Crippen molar-refractivity contribution in [2.45, 2.75) is 25.8 Å². The van der Waals surface area contributed by atoms with Gasteiger partial charge < -0.3 is 10.4 Å². The molecule has 0 fully saturated rings. The number of nitrogens with zero attached hydrogens (tertiary/aromatic N) is 2. The summed E-state index contributed by atoms with van der Waals surface area (Å²) in [6, 6.07) is 10.2. The van der Waals surface area contributed by atoms with Gasteiger partial charge >= 0.3 is 5.97 Å². The van der Waals surface area contributed by atoms with Crippen LogP contribution in [0.25, 0.3) is 5.69 Å². The van der Waals surface area contributed by atoms with E-state index in [2.05, 4.69) is 10.4 Å². The van der Waals surface area contributed by atoms with Gasteiger partial charge in [-0.1, -0.05) is 31.5 Å². The SMILES string of the molecule is CCCC(NC(=O)c1ccc(=O)n(-c2ccccc2)n1)C(=O)O. The zero-order valence-corrected chi connectivity index (χ0v) is 12.6. The molecular weight excluding hydrogens is 298 g/mol. The van der Waals surface area contributed by atoms with Crippen LogP contribution in [0.15, 0.2) is 47.3 Å². The van der Waals surface area contributed by atoms with Crippen LogP contribution in [0.3, 0.4) is 0 Å². The van der Waals surface area contributed by atoms with Crippen molar-refractivity contribution in [3.8, 4) is 5.69 Å². The first-order valence-corrected chi connectivity index (χ1v) is 7.22. The van der Waals surface area contributed by atoms with E-state index in [9.17, 15) is 14.4 Å². The average molecular weight is 315 g/mol. The molecule has 0 spiro atoms. The zero-order chi connectivity index (χ0) is 16.8. The largest absolute Gasteiger partial charge is 0.480 e. The molecule has 7 nitrogen and oxygen atoms in total. The average Bonchev–Trinajstić information content (AvgIpc) is 2.55. The number of carbonyl (C=O) groups is 2. The zero-order valence-electron chi connectivity index (χ0n) is 12.6. The minimum absolute atomic E-state index is 0.0178. The summed E-state index contributed by atoms with van der Waals surface area (Å²) in [6.45, 7) is 1.83. The molecule has 120 valence electrons. The third-order valence-electron chi connectivity index (χ3n) is 3.21. The Morgan fingerprint density at radius 3 is 2.52 bits per heavy atom. The lowest BCUT2D eigenvalue weighted by Gasteiger charge is -2.13. The standard InChI is InChI=1S/C16H17N3O4/c1-2-6-13(16(22)23)17-15(21)12-9-10-14(20)19(18-12)11-7-4-3-5-8-11/h3-5,7-10,13H,2,6H2,1H3,(H,17,21)(H,22,23). The van der Waals surface area contributed by atoms with Crippen LogP contribution in [0.4, 0.5) is 0 Å². The van der Waals surface area contributed by atoms with Crippen molar-refractivity contribution in [1.29, 1.82) is 0 Å². The van der Waals surface area contributed by atoms with Crippen LogP contribution in [0.5, 0.6) is 0 Å². The molecule has 0 aliphatic rings. The maximum absolute atomic E-state index is 12.2. The number of aromatic nitrogens is 2. The Morgan fingerprint density at radius 1 is 1.22 bits per heavy atom. The summed E-state index contributed by atoms with van der Waals surface area (Å²) in [7, 11) is 0. The first-order chi connectivity index (χ1) is 11.0. The Balaban J connectivity index is 2.28. The molecule has 1 atom stereocenters. The maximum Gasteiger partial charge on any atom is 0.326 e. The number of para-hydroxylation sites is 1. The van der Waals surface area contributed by atoms with Gasteiger partial charge in [0.15, 0.2) is 0 Å². The fourth-order valence-corrected chi connectivity index (χ4v) is 2.06. The summed E-state index contributed by atoms with van der Waals surface area (Å²) in [5, 5.41) is 15.5. The highest BCUT2D eigenvalue weighted by Gasteiger charge is 2.20. The number of hydrogen-bond acceptors (Lipinski definition) is 4. The molecule has 1 aromatic carbocycles. The molecule has 0 aliphatic heterocycles. The molecule has 2 rings (SSSR count). The van der Waals surface area contributed by atoms with Crippen molar-refractivity contribution in [3.05, 3.63) is 58.5 Å². The molecular formula is C16H17N3O4. The maximum atomic E-state index is 12.2. The highest BCUT2D eigenvalue weighted by molar-refractivity contribution is 5.94. The quantitative estimate of drug-likeness (QED) is 0.834. The normalized spacial score (nSPS) is 11.7. The van der Waals surface area contributed by atoms with E-state index in [-0.39, 0.29) is 11.3 Å². The first kappa shape index (κ1) is 16.4. The Kier molecular flexibility index (Phi) is 5.24. The number of aliphatic carboxylic acids is 1. The van der Waals surface area contributed by atoms with Gasteiger partial charge in [0.2, 0.25) is 0 Å². The van der Waals surface area contributed by atoms with Gasteiger partial charge in [-0.15, -0.1) is 0 Å². The molecule has 0 radical (unpaired) electrons. The van der Waals surface area contributed by atoms with Crippen molar-refractivity contribution in [1.82, 2.24) is 15.1 Å². The molecule has 7 heteroatoms. The molecule has 1 heterocycles. The van der Waals surface area contributed by atoms with Crippen molar-refractivity contribution in [2.75, 3.05) is 0 Å². The fourth-order valence-electron chi connectivity index (χ4n) is 2.06. The lowest BCUT2D eigenvalue weighted by Crippen LogP contribution is -2.41. The van der Waals surface area contributed by atoms with E-state index in [1.165, 1.54) is 12.1 Å². The van der Waals surface area contributed by atoms with Crippen molar-refractivity contribution in [3.63, 3.8) is 0 Å². The molecule has 0 saturated heterocycles. The second-order valence-electron chi connectivity index (χ2n) is 4.96. The van der Waals surface area contributed by atoms with Crippen LogP contribution in [-0.2, 0) is 4.79 Å². The molecule has 23 heavy (non-hydrogen) atoms. The highest BCUT2D eigenvalue weighted by atomic mass is 16.4. The number of rotatable bonds is 6. The Morgan fingerprint density at radius 2 is 1.91 bits per heavy atom. The van der Waals surface area contributed by atoms with Gasteiger partial charge in [-0.05, 0) is 24.6 Å². The molecule has 0 bridgehead atoms. The van der Waals surface area contributed by atoms with E-state index in [1.54, 1.807) is 30.3 Å². The third kappa shape index (κ3) is 4.03. The fraction of sp³-hybridized carbons (Fsp3) is 0.250. The predicted octanol–water partition coefficient (Wildman–Crippen LogP) is 1.22. The second-order valence-corrected chi connectivity index (χ2v) is 4.96. The smallest absolute Gasteiger partial charge is 0.326 e. The molecule has 0 aliphatic carbocycles. The van der Waals surface area contributed by atoms with Crippen molar-refractivity contribution in [2.24, 2.45) is 0 Å². The van der Waals surface area contributed by atoms with Gasteiger partial charge in [-0.25, -0.2) is 4.79 Å². The molecule has 1 aromatic heterocycles. The minimum atomic E-state index is -1.10. The summed E-state index contributed by atoms with van der Waals surface area (Å²) < 4.78 is 1.10. The van der Waals surface area contributed by atoms with Crippen LogP contribution in [0.1, 0.15) is 30.3 Å². The van der Waals surface area contributed by atoms with Crippen LogP contribution < -0.4 is 10.9 Å². The van der Waals surface area contributed by atoms with Crippen LogP contribution >= 0.6 is 0 Å². The van der Waals surface area contributed by atoms with Gasteiger partial charge in [0.1, 0.15) is 11.7 Å². The summed E-state index contributed by atoms with van der Waals surface area (Å²) in [5.74, 6) is -1.73. The van der Waals surface area contributed by atoms with Gasteiger partial charge in [0.25, 0.3) is 11.5 Å². The lowest BCUT2D eigenvalue weighted by molar-refractivity contribution is -0.139. The topological polar surface area (TPSA) is 101 Å². The van der Waals surface area contributed by atoms with E-state index in [1.807, 2.05) is 6.92 Å².